The fraction of sp³-hybridized carbons (Fsp3) is 0.238. The van der Waals surface area contributed by atoms with Crippen LogP contribution in [0.3, 0.4) is 0 Å². The summed E-state index contributed by atoms with van der Waals surface area (Å²) in [6, 6.07) is 33.6. The van der Waals surface area contributed by atoms with Crippen LogP contribution in [0.4, 0.5) is 0 Å². The van der Waals surface area contributed by atoms with Gasteiger partial charge in [0.05, 0.1) is 23.8 Å². The fourth-order valence-corrected chi connectivity index (χ4v) is 6.45. The zero-order chi connectivity index (χ0) is 34.0. The Labute approximate surface area is 278 Å². The Bertz CT molecular complexity index is 2320. The van der Waals surface area contributed by atoms with Crippen molar-refractivity contribution in [2.75, 3.05) is 0 Å². The van der Waals surface area contributed by atoms with Crippen molar-refractivity contribution in [1.82, 2.24) is 19.3 Å². The van der Waals surface area contributed by atoms with Gasteiger partial charge in [0, 0.05) is 40.4 Å². The van der Waals surface area contributed by atoms with Crippen LogP contribution in [0.1, 0.15) is 65.4 Å². The van der Waals surface area contributed by atoms with Crippen LogP contribution in [-0.2, 0) is 10.8 Å². The highest BCUT2D eigenvalue weighted by molar-refractivity contribution is 6.09. The molecular weight excluding hydrogens is 576 g/mol. The highest BCUT2D eigenvalue weighted by Crippen LogP contribution is 2.38. The van der Waals surface area contributed by atoms with E-state index in [0.717, 1.165) is 72.9 Å². The first-order valence-corrected chi connectivity index (χ1v) is 16.2. The number of pyridine rings is 1. The number of rotatable bonds is 5. The van der Waals surface area contributed by atoms with Crippen molar-refractivity contribution in [2.45, 2.75) is 66.2 Å². The number of aryl methyl sites for hydroxylation is 1. The molecule has 0 aliphatic heterocycles. The molecule has 0 fully saturated rings. The first-order chi connectivity index (χ1) is 22.8. The summed E-state index contributed by atoms with van der Waals surface area (Å²) in [6.07, 6.45) is 1.88. The molecule has 0 aliphatic carbocycles. The lowest BCUT2D eigenvalue weighted by molar-refractivity contribution is 0.478. The van der Waals surface area contributed by atoms with Gasteiger partial charge < -0.3 is 4.74 Å². The minimum absolute atomic E-state index is 0.0256. The van der Waals surface area contributed by atoms with Crippen LogP contribution < -0.4 is 4.74 Å². The van der Waals surface area contributed by atoms with Gasteiger partial charge in [-0.2, -0.15) is 5.10 Å². The maximum atomic E-state index is 8.36. The summed E-state index contributed by atoms with van der Waals surface area (Å²) in [5.74, 6) is 2.31. The van der Waals surface area contributed by atoms with Crippen molar-refractivity contribution in [2.24, 2.45) is 0 Å². The van der Waals surface area contributed by atoms with E-state index in [1.165, 1.54) is 5.56 Å². The summed E-state index contributed by atoms with van der Waals surface area (Å²) in [7, 11) is 0. The third-order valence-electron chi connectivity index (χ3n) is 9.01. The van der Waals surface area contributed by atoms with E-state index in [4.69, 9.17) is 16.2 Å². The van der Waals surface area contributed by atoms with Gasteiger partial charge in [0.2, 0.25) is 0 Å². The van der Waals surface area contributed by atoms with E-state index in [2.05, 4.69) is 127 Å². The van der Waals surface area contributed by atoms with Crippen molar-refractivity contribution in [3.05, 3.63) is 132 Å². The Morgan fingerprint density at radius 3 is 2.17 bits per heavy atom. The van der Waals surface area contributed by atoms with Gasteiger partial charge in [0.15, 0.2) is 0 Å². The van der Waals surface area contributed by atoms with Gasteiger partial charge >= 0.3 is 0 Å². The van der Waals surface area contributed by atoms with E-state index in [9.17, 15) is 0 Å². The second kappa shape index (κ2) is 11.3. The molecule has 0 N–H and O–H groups in total. The van der Waals surface area contributed by atoms with E-state index in [0.29, 0.717) is 6.04 Å². The molecule has 47 heavy (non-hydrogen) atoms. The molecule has 5 heteroatoms. The highest BCUT2D eigenvalue weighted by Gasteiger charge is 2.21. The number of hydrogen-bond donors (Lipinski definition) is 0. The van der Waals surface area contributed by atoms with Crippen LogP contribution in [-0.4, -0.2) is 19.3 Å². The predicted octanol–water partition coefficient (Wildman–Crippen LogP) is 11.0. The van der Waals surface area contributed by atoms with Gasteiger partial charge in [-0.05, 0) is 83.8 Å². The average molecular weight is 620 g/mol. The van der Waals surface area contributed by atoms with E-state index >= 15 is 0 Å². The number of ether oxygens (including phenoxy) is 1. The molecule has 0 bridgehead atoms. The van der Waals surface area contributed by atoms with Gasteiger partial charge in [-0.1, -0.05) is 90.0 Å². The SMILES string of the molecule is [2H]c1ccc2c(c1)c1ccc(Oc3cc(-n4nc(C)c(-c5ccccc5)c4C)cc(C(C)(C)C)c3)cc1n2-c1cc(C(C)(C)C)ccn1. The third-order valence-corrected chi connectivity index (χ3v) is 9.01. The quantitative estimate of drug-likeness (QED) is 0.193. The molecule has 0 saturated carbocycles. The second-order valence-electron chi connectivity index (χ2n) is 14.5. The minimum Gasteiger partial charge on any atom is -0.457 e. The Morgan fingerprint density at radius 2 is 1.43 bits per heavy atom. The number of para-hydroxylation sites is 1. The van der Waals surface area contributed by atoms with E-state index in [-0.39, 0.29) is 10.8 Å². The molecule has 0 radical (unpaired) electrons. The zero-order valence-electron chi connectivity index (χ0n) is 29.5. The van der Waals surface area contributed by atoms with E-state index in [1.807, 2.05) is 41.2 Å². The monoisotopic (exact) mass is 619 g/mol. The lowest BCUT2D eigenvalue weighted by Crippen LogP contribution is -2.12. The van der Waals surface area contributed by atoms with Crippen LogP contribution >= 0.6 is 0 Å². The number of benzene rings is 4. The first-order valence-electron chi connectivity index (χ1n) is 16.7. The smallest absolute Gasteiger partial charge is 0.137 e. The second-order valence-corrected chi connectivity index (χ2v) is 14.5. The van der Waals surface area contributed by atoms with Gasteiger partial charge in [-0.25, -0.2) is 9.67 Å². The van der Waals surface area contributed by atoms with Crippen LogP contribution in [0.25, 0.3) is 44.4 Å². The highest BCUT2D eigenvalue weighted by atomic mass is 16.5. The molecule has 236 valence electrons. The summed E-state index contributed by atoms with van der Waals surface area (Å²) in [5, 5.41) is 7.07. The zero-order valence-corrected chi connectivity index (χ0v) is 28.5. The largest absolute Gasteiger partial charge is 0.457 e. The molecule has 0 aliphatic rings. The van der Waals surface area contributed by atoms with Gasteiger partial charge in [-0.3, -0.25) is 4.57 Å². The summed E-state index contributed by atoms with van der Waals surface area (Å²) < 4.78 is 19.3. The number of aromatic nitrogens is 4. The predicted molar refractivity (Wildman–Crippen MR) is 195 cm³/mol. The summed E-state index contributed by atoms with van der Waals surface area (Å²) in [4.78, 5) is 4.82. The topological polar surface area (TPSA) is 44.9 Å². The Hall–Kier alpha value is -5.16. The number of hydrogen-bond acceptors (Lipinski definition) is 3. The minimum atomic E-state index is -0.111. The molecule has 0 saturated heterocycles. The number of nitrogens with zero attached hydrogens (tertiary/aromatic N) is 4. The molecular formula is C42H42N4O. The van der Waals surface area contributed by atoms with Crippen LogP contribution in [0.5, 0.6) is 11.5 Å². The van der Waals surface area contributed by atoms with Crippen LogP contribution in [0, 0.1) is 13.8 Å². The summed E-state index contributed by atoms with van der Waals surface area (Å²) in [5.41, 5.74) is 9.55. The van der Waals surface area contributed by atoms with E-state index in [1.54, 1.807) is 0 Å². The lowest BCUT2D eigenvalue weighted by Gasteiger charge is -2.22. The molecule has 4 aromatic carbocycles. The lowest BCUT2D eigenvalue weighted by atomic mass is 9.86. The molecule has 3 aromatic heterocycles. The average Bonchev–Trinajstić information content (AvgIpc) is 3.52. The summed E-state index contributed by atoms with van der Waals surface area (Å²) >= 11 is 0. The maximum absolute atomic E-state index is 8.36. The maximum Gasteiger partial charge on any atom is 0.137 e. The van der Waals surface area contributed by atoms with Crippen LogP contribution in [0.2, 0.25) is 0 Å². The molecule has 0 atom stereocenters. The van der Waals surface area contributed by atoms with E-state index < -0.39 is 0 Å². The molecule has 7 rings (SSSR count). The van der Waals surface area contributed by atoms with Crippen molar-refractivity contribution in [3.8, 4) is 34.1 Å². The molecule has 0 amide bonds. The van der Waals surface area contributed by atoms with Crippen molar-refractivity contribution in [3.63, 3.8) is 0 Å². The Balaban J connectivity index is 1.36. The normalized spacial score (nSPS) is 12.6. The molecule has 7 aromatic rings. The van der Waals surface area contributed by atoms with Gasteiger partial charge in [0.25, 0.3) is 0 Å². The Morgan fingerprint density at radius 1 is 0.681 bits per heavy atom. The molecule has 3 heterocycles. The number of fused-ring (bicyclic) bond motifs is 3. The Kier molecular flexibility index (Phi) is 7.02. The van der Waals surface area contributed by atoms with Crippen LogP contribution in [0.15, 0.2) is 109 Å². The molecule has 5 nitrogen and oxygen atoms in total. The van der Waals surface area contributed by atoms with Crippen molar-refractivity contribution in [1.29, 1.82) is 0 Å². The van der Waals surface area contributed by atoms with Crippen molar-refractivity contribution < 1.29 is 6.11 Å². The summed E-state index contributed by atoms with van der Waals surface area (Å²) in [6.45, 7) is 17.5. The third kappa shape index (κ3) is 5.61. The van der Waals surface area contributed by atoms with Crippen molar-refractivity contribution >= 4 is 21.8 Å². The standard InChI is InChI=1S/C42H42N4O/c1-27-40(29-14-10-9-11-15-29)28(2)46(44-27)32-22-31(42(6,7)8)23-34(25-32)47-33-18-19-36-35-16-12-13-17-37(35)45(38(36)26-33)39-24-30(20-21-43-39)41(3,4)5/h9-26H,1-8H3/i12D. The van der Waals surface area contributed by atoms with Gasteiger partial charge in [-0.15, -0.1) is 0 Å². The molecule has 0 unspecified atom stereocenters. The fourth-order valence-electron chi connectivity index (χ4n) is 6.45. The first kappa shape index (κ1) is 29.3. The molecule has 0 spiro atoms. The van der Waals surface area contributed by atoms with Gasteiger partial charge in [0.1, 0.15) is 17.3 Å².